The number of amides is 1. The maximum atomic E-state index is 12.3. The summed E-state index contributed by atoms with van der Waals surface area (Å²) in [6, 6.07) is 12.1. The number of hydrogen-bond acceptors (Lipinski definition) is 4. The Balaban J connectivity index is 2.08. The maximum Gasteiger partial charge on any atom is 0.262 e. The Morgan fingerprint density at radius 1 is 1.15 bits per heavy atom. The predicted molar refractivity (Wildman–Crippen MR) is 107 cm³/mol. The van der Waals surface area contributed by atoms with Crippen molar-refractivity contribution in [2.75, 3.05) is 26.0 Å². The van der Waals surface area contributed by atoms with E-state index in [0.717, 1.165) is 15.4 Å². The van der Waals surface area contributed by atoms with Crippen molar-refractivity contribution in [2.24, 2.45) is 0 Å². The molecule has 0 unspecified atom stereocenters. The quantitative estimate of drug-likeness (QED) is 0.786. The number of hydrogen-bond donors (Lipinski definition) is 1. The fourth-order valence-corrected chi connectivity index (χ4v) is 3.48. The highest BCUT2D eigenvalue weighted by molar-refractivity contribution is 7.89. The molecule has 27 heavy (non-hydrogen) atoms. The number of rotatable bonds is 7. The van der Waals surface area contributed by atoms with Crippen LogP contribution in [-0.4, -0.2) is 39.3 Å². The van der Waals surface area contributed by atoms with Crippen LogP contribution < -0.4 is 10.1 Å². The molecule has 0 atom stereocenters. The first-order valence-corrected chi connectivity index (χ1v) is 10.1. The first kappa shape index (κ1) is 20.9. The number of carbonyl (C=O) groups excluding carboxylic acids is 1. The summed E-state index contributed by atoms with van der Waals surface area (Å²) in [4.78, 5) is 12.4. The Labute approximate surface area is 161 Å². The fraction of sp³-hybridized carbons (Fsp3) is 0.350. The second-order valence-corrected chi connectivity index (χ2v) is 9.00. The van der Waals surface area contributed by atoms with Crippen molar-refractivity contribution in [1.82, 2.24) is 4.31 Å². The van der Waals surface area contributed by atoms with Gasteiger partial charge in [-0.25, -0.2) is 12.7 Å². The molecule has 1 amide bonds. The van der Waals surface area contributed by atoms with Gasteiger partial charge >= 0.3 is 0 Å². The molecule has 2 aromatic carbocycles. The lowest BCUT2D eigenvalue weighted by Gasteiger charge is -2.15. The second kappa shape index (κ2) is 8.54. The van der Waals surface area contributed by atoms with Gasteiger partial charge in [-0.2, -0.15) is 0 Å². The molecule has 0 saturated carbocycles. The van der Waals surface area contributed by atoms with Crippen LogP contribution >= 0.6 is 0 Å². The number of carbonyl (C=O) groups is 1. The van der Waals surface area contributed by atoms with Crippen LogP contribution in [0, 0.1) is 6.92 Å². The summed E-state index contributed by atoms with van der Waals surface area (Å²) in [5, 5.41) is 2.68. The van der Waals surface area contributed by atoms with E-state index in [9.17, 15) is 13.2 Å². The van der Waals surface area contributed by atoms with E-state index >= 15 is 0 Å². The van der Waals surface area contributed by atoms with Crippen LogP contribution in [0.4, 0.5) is 5.69 Å². The Morgan fingerprint density at radius 3 is 2.48 bits per heavy atom. The third-order valence-electron chi connectivity index (χ3n) is 4.05. The van der Waals surface area contributed by atoms with Crippen LogP contribution in [0.2, 0.25) is 0 Å². The third-order valence-corrected chi connectivity index (χ3v) is 5.86. The average Bonchev–Trinajstić information content (AvgIpc) is 2.59. The molecule has 0 spiro atoms. The van der Waals surface area contributed by atoms with E-state index in [2.05, 4.69) is 19.2 Å². The minimum atomic E-state index is -3.56. The maximum absolute atomic E-state index is 12.3. The van der Waals surface area contributed by atoms with Crippen molar-refractivity contribution in [1.29, 1.82) is 0 Å². The van der Waals surface area contributed by atoms with Crippen LogP contribution in [-0.2, 0) is 14.8 Å². The number of benzene rings is 2. The van der Waals surface area contributed by atoms with Gasteiger partial charge in [-0.3, -0.25) is 4.79 Å². The Hall–Kier alpha value is -2.38. The predicted octanol–water partition coefficient (Wildman–Crippen LogP) is 3.39. The van der Waals surface area contributed by atoms with Gasteiger partial charge in [0.1, 0.15) is 5.75 Å². The smallest absolute Gasteiger partial charge is 0.262 e. The molecule has 0 heterocycles. The Bertz CT molecular complexity index is 921. The minimum absolute atomic E-state index is 0.118. The van der Waals surface area contributed by atoms with Gasteiger partial charge in [0.2, 0.25) is 10.0 Å². The van der Waals surface area contributed by atoms with Gasteiger partial charge in [0.25, 0.3) is 5.91 Å². The molecule has 2 aromatic rings. The molecule has 7 heteroatoms. The largest absolute Gasteiger partial charge is 0.483 e. The van der Waals surface area contributed by atoms with Gasteiger partial charge < -0.3 is 10.1 Å². The number of sulfonamides is 1. The van der Waals surface area contributed by atoms with Crippen molar-refractivity contribution in [3.63, 3.8) is 0 Å². The van der Waals surface area contributed by atoms with Crippen LogP contribution in [0.25, 0.3) is 0 Å². The van der Waals surface area contributed by atoms with Crippen molar-refractivity contribution in [3.05, 3.63) is 53.6 Å². The molecule has 0 fully saturated rings. The molecule has 0 aromatic heterocycles. The van der Waals surface area contributed by atoms with Crippen LogP contribution in [0.15, 0.2) is 47.4 Å². The lowest BCUT2D eigenvalue weighted by atomic mass is 10.0. The van der Waals surface area contributed by atoms with Gasteiger partial charge in [0.05, 0.1) is 4.90 Å². The summed E-state index contributed by atoms with van der Waals surface area (Å²) >= 11 is 0. The third kappa shape index (κ3) is 5.30. The van der Waals surface area contributed by atoms with E-state index in [1.165, 1.54) is 26.2 Å². The van der Waals surface area contributed by atoms with Crippen LogP contribution in [0.5, 0.6) is 5.75 Å². The van der Waals surface area contributed by atoms with E-state index in [4.69, 9.17) is 4.74 Å². The minimum Gasteiger partial charge on any atom is -0.483 e. The van der Waals surface area contributed by atoms with Gasteiger partial charge in [-0.05, 0) is 48.2 Å². The summed E-state index contributed by atoms with van der Waals surface area (Å²) < 4.78 is 31.2. The van der Waals surface area contributed by atoms with Crippen molar-refractivity contribution < 1.29 is 17.9 Å². The zero-order valence-electron chi connectivity index (χ0n) is 16.3. The van der Waals surface area contributed by atoms with Gasteiger partial charge in [0.15, 0.2) is 6.61 Å². The molecule has 146 valence electrons. The molecule has 0 bridgehead atoms. The highest BCUT2D eigenvalue weighted by Gasteiger charge is 2.18. The monoisotopic (exact) mass is 390 g/mol. The summed E-state index contributed by atoms with van der Waals surface area (Å²) in [5.41, 5.74) is 2.49. The van der Waals surface area contributed by atoms with Crippen LogP contribution in [0.3, 0.4) is 0 Å². The summed E-state index contributed by atoms with van der Waals surface area (Å²) in [6.45, 7) is 5.93. The molecule has 0 saturated heterocycles. The average molecular weight is 391 g/mol. The molecule has 0 aliphatic rings. The number of anilines is 1. The van der Waals surface area contributed by atoms with E-state index in [1.807, 2.05) is 25.1 Å². The highest BCUT2D eigenvalue weighted by atomic mass is 32.2. The number of aryl methyl sites for hydroxylation is 1. The molecule has 0 radical (unpaired) electrons. The normalized spacial score (nSPS) is 11.7. The van der Waals surface area contributed by atoms with E-state index in [1.54, 1.807) is 12.1 Å². The lowest BCUT2D eigenvalue weighted by molar-refractivity contribution is -0.118. The molecular formula is C20H26N2O4S. The molecule has 2 rings (SSSR count). The second-order valence-electron chi connectivity index (χ2n) is 6.85. The summed E-state index contributed by atoms with van der Waals surface area (Å²) in [5.74, 6) is 0.603. The van der Waals surface area contributed by atoms with Gasteiger partial charge in [0, 0.05) is 19.8 Å². The molecule has 0 aliphatic carbocycles. The van der Waals surface area contributed by atoms with Gasteiger partial charge in [-0.1, -0.05) is 32.0 Å². The molecular weight excluding hydrogens is 364 g/mol. The standard InChI is InChI=1S/C20H26N2O4S/c1-14(2)18-10-9-15(3)11-19(18)26-13-20(23)21-16-7-6-8-17(12-16)27(24,25)22(4)5/h6-12,14H,13H2,1-5H3,(H,21,23). The molecule has 1 N–H and O–H groups in total. The summed E-state index contributed by atoms with van der Waals surface area (Å²) in [7, 11) is -0.638. The number of nitrogens with one attached hydrogen (secondary N) is 1. The first-order valence-electron chi connectivity index (χ1n) is 8.67. The van der Waals surface area contributed by atoms with E-state index < -0.39 is 10.0 Å². The first-order chi connectivity index (χ1) is 12.6. The Kier molecular flexibility index (Phi) is 6.62. The van der Waals surface area contributed by atoms with Crippen molar-refractivity contribution in [2.45, 2.75) is 31.6 Å². The van der Waals surface area contributed by atoms with E-state index in [0.29, 0.717) is 11.4 Å². The fourth-order valence-electron chi connectivity index (χ4n) is 2.53. The summed E-state index contributed by atoms with van der Waals surface area (Å²) in [6.07, 6.45) is 0. The zero-order chi connectivity index (χ0) is 20.2. The van der Waals surface area contributed by atoms with Gasteiger partial charge in [-0.15, -0.1) is 0 Å². The van der Waals surface area contributed by atoms with Crippen LogP contribution in [0.1, 0.15) is 30.9 Å². The lowest BCUT2D eigenvalue weighted by Crippen LogP contribution is -2.23. The number of ether oxygens (including phenoxy) is 1. The molecule has 6 nitrogen and oxygen atoms in total. The van der Waals surface area contributed by atoms with Crippen molar-refractivity contribution >= 4 is 21.6 Å². The zero-order valence-corrected chi connectivity index (χ0v) is 17.1. The number of nitrogens with zero attached hydrogens (tertiary/aromatic N) is 1. The van der Waals surface area contributed by atoms with E-state index in [-0.39, 0.29) is 23.3 Å². The van der Waals surface area contributed by atoms with Crippen molar-refractivity contribution in [3.8, 4) is 5.75 Å². The molecule has 0 aliphatic heterocycles. The topological polar surface area (TPSA) is 75.7 Å². The highest BCUT2D eigenvalue weighted by Crippen LogP contribution is 2.27. The Morgan fingerprint density at radius 2 is 1.85 bits per heavy atom. The SMILES string of the molecule is Cc1ccc(C(C)C)c(OCC(=O)Nc2cccc(S(=O)(=O)N(C)C)c2)c1.